The minimum atomic E-state index is -3.79. The largest absolute Gasteiger partial charge is 0.394 e. The van der Waals surface area contributed by atoms with Crippen molar-refractivity contribution in [3.8, 4) is 0 Å². The molecule has 0 saturated heterocycles. The quantitative estimate of drug-likeness (QED) is 0.349. The van der Waals surface area contributed by atoms with Crippen LogP contribution in [-0.4, -0.2) is 33.3 Å². The molecule has 1 aromatic carbocycles. The van der Waals surface area contributed by atoms with E-state index in [1.165, 1.54) is 12.1 Å². The average molecular weight is 501 g/mol. The molecule has 4 rings (SSSR count). The van der Waals surface area contributed by atoms with Crippen LogP contribution in [0.1, 0.15) is 11.6 Å². The zero-order chi connectivity index (χ0) is 22.9. The van der Waals surface area contributed by atoms with E-state index in [1.807, 2.05) is 0 Å². The molecule has 0 fully saturated rings. The van der Waals surface area contributed by atoms with Gasteiger partial charge in [-0.3, -0.25) is 0 Å². The molecule has 0 saturated carbocycles. The zero-order valence-corrected chi connectivity index (χ0v) is 19.3. The lowest BCUT2D eigenvalue weighted by atomic mass is 10.4. The van der Waals surface area contributed by atoms with Crippen LogP contribution in [0.25, 0.3) is 11.0 Å². The summed E-state index contributed by atoms with van der Waals surface area (Å²) < 4.78 is 25.5. The highest BCUT2D eigenvalue weighted by Gasteiger charge is 2.27. The third-order valence-electron chi connectivity index (χ3n) is 3.98. The number of H-pyrrole nitrogens is 1. The first-order valence-corrected chi connectivity index (χ1v) is 11.2. The molecule has 0 unspecified atom stereocenters. The fraction of sp³-hybridized carbons (Fsp3) is 0.111. The van der Waals surface area contributed by atoms with Gasteiger partial charge in [0.05, 0.1) is 4.90 Å². The molecule has 31 heavy (non-hydrogen) atoms. The molecule has 5 N–H and O–H groups in total. The van der Waals surface area contributed by atoms with E-state index < -0.39 is 9.84 Å². The van der Waals surface area contributed by atoms with Gasteiger partial charge < -0.3 is 16.5 Å². The summed E-state index contributed by atoms with van der Waals surface area (Å²) in [6, 6.07) is 8.03. The third-order valence-corrected chi connectivity index (χ3v) is 6.68. The fourth-order valence-electron chi connectivity index (χ4n) is 2.64. The first-order valence-electron chi connectivity index (χ1n) is 8.59. The lowest BCUT2D eigenvalue weighted by molar-refractivity contribution is 0.597. The highest BCUT2D eigenvalue weighted by molar-refractivity contribution is 7.92. The van der Waals surface area contributed by atoms with Crippen LogP contribution in [0.3, 0.4) is 0 Å². The molecule has 0 spiro atoms. The number of anilines is 2. The van der Waals surface area contributed by atoms with Crippen molar-refractivity contribution in [2.24, 2.45) is 0 Å². The summed E-state index contributed by atoms with van der Waals surface area (Å²) in [5, 5.41) is 0.550. The smallest absolute Gasteiger partial charge is 0.212 e. The van der Waals surface area contributed by atoms with Gasteiger partial charge in [-0.2, -0.15) is 0 Å². The molecule has 0 aliphatic heterocycles. The van der Waals surface area contributed by atoms with Gasteiger partial charge in [-0.25, -0.2) is 28.4 Å². The summed E-state index contributed by atoms with van der Waals surface area (Å²) in [4.78, 5) is 18.5. The molecular weight excluding hydrogens is 485 g/mol. The Labute approximate surface area is 192 Å². The topological polar surface area (TPSA) is 154 Å². The number of sulfone groups is 1. The SMILES string of the molecule is Cc1nc(Cl)c(N)c(Cl)n1.Cc1nc(Cl)c2[nH]c(N)c(S(=O)(=O)c3ccccc3)c2n1. The number of benzene rings is 1. The van der Waals surface area contributed by atoms with Gasteiger partial charge in [0.2, 0.25) is 9.84 Å². The summed E-state index contributed by atoms with van der Waals surface area (Å²) in [7, 11) is -3.79. The van der Waals surface area contributed by atoms with E-state index in [1.54, 1.807) is 32.0 Å². The molecule has 0 amide bonds. The number of nitrogens with one attached hydrogen (secondary N) is 1. The van der Waals surface area contributed by atoms with Crippen molar-refractivity contribution in [2.45, 2.75) is 23.6 Å². The van der Waals surface area contributed by atoms with Crippen LogP contribution in [0.4, 0.5) is 11.5 Å². The molecule has 4 aromatic rings. The Balaban J connectivity index is 0.000000229. The van der Waals surface area contributed by atoms with E-state index in [4.69, 9.17) is 46.3 Å². The maximum absolute atomic E-state index is 12.7. The fourth-order valence-corrected chi connectivity index (χ4v) is 4.86. The van der Waals surface area contributed by atoms with Gasteiger partial charge in [-0.1, -0.05) is 53.0 Å². The predicted molar refractivity (Wildman–Crippen MR) is 121 cm³/mol. The Morgan fingerprint density at radius 2 is 1.35 bits per heavy atom. The number of nitrogen functional groups attached to an aromatic ring is 2. The summed E-state index contributed by atoms with van der Waals surface area (Å²) in [6.07, 6.45) is 0. The van der Waals surface area contributed by atoms with Gasteiger partial charge in [0.15, 0.2) is 15.5 Å². The van der Waals surface area contributed by atoms with E-state index in [0.29, 0.717) is 17.2 Å². The number of hydrogen-bond donors (Lipinski definition) is 3. The lowest BCUT2D eigenvalue weighted by Gasteiger charge is -2.04. The summed E-state index contributed by atoms with van der Waals surface area (Å²) in [5.41, 5.74) is 11.9. The van der Waals surface area contributed by atoms with E-state index in [2.05, 4.69) is 24.9 Å². The molecule has 0 aliphatic rings. The number of nitrogens with two attached hydrogens (primary N) is 2. The number of aryl methyl sites for hydroxylation is 2. The van der Waals surface area contributed by atoms with E-state index in [0.717, 1.165) is 0 Å². The standard InChI is InChI=1S/C13H11ClN4O2S.C5H5Cl2N3/c1-7-16-9-10(12(14)17-7)18-13(15)11(9)21(19,20)8-5-3-2-4-6-8;1-2-9-4(6)3(8)5(7)10-2/h2-6,18H,15H2,1H3;8H2,1H3. The molecule has 162 valence electrons. The molecule has 0 radical (unpaired) electrons. The number of halogens is 3. The number of aromatic amines is 1. The second-order valence-electron chi connectivity index (χ2n) is 6.24. The van der Waals surface area contributed by atoms with Gasteiger partial charge in [0.25, 0.3) is 0 Å². The molecular formula is C18H16Cl3N7O2S. The first kappa shape index (κ1) is 23.0. The van der Waals surface area contributed by atoms with Crippen LogP contribution in [-0.2, 0) is 9.84 Å². The van der Waals surface area contributed by atoms with Gasteiger partial charge in [-0.15, -0.1) is 0 Å². The van der Waals surface area contributed by atoms with E-state index in [-0.39, 0.29) is 42.3 Å². The van der Waals surface area contributed by atoms with Crippen molar-refractivity contribution in [1.82, 2.24) is 24.9 Å². The zero-order valence-electron chi connectivity index (χ0n) is 16.2. The Bertz CT molecular complexity index is 1350. The molecule has 3 aromatic heterocycles. The van der Waals surface area contributed by atoms with Gasteiger partial charge in [-0.05, 0) is 26.0 Å². The number of aromatic nitrogens is 5. The Morgan fingerprint density at radius 1 is 0.839 bits per heavy atom. The number of nitrogens with zero attached hydrogens (tertiary/aromatic N) is 4. The van der Waals surface area contributed by atoms with E-state index >= 15 is 0 Å². The van der Waals surface area contributed by atoms with Crippen molar-refractivity contribution in [1.29, 1.82) is 0 Å². The molecule has 0 bridgehead atoms. The summed E-state index contributed by atoms with van der Waals surface area (Å²) in [6.45, 7) is 3.32. The van der Waals surface area contributed by atoms with Crippen molar-refractivity contribution < 1.29 is 8.42 Å². The van der Waals surface area contributed by atoms with Crippen LogP contribution in [0.15, 0.2) is 40.1 Å². The third kappa shape index (κ3) is 4.67. The van der Waals surface area contributed by atoms with E-state index in [9.17, 15) is 8.42 Å². The first-order chi connectivity index (χ1) is 14.5. The van der Waals surface area contributed by atoms with Gasteiger partial charge in [0, 0.05) is 0 Å². The molecule has 3 heterocycles. The second-order valence-corrected chi connectivity index (χ2v) is 9.20. The minimum absolute atomic E-state index is 0.00402. The van der Waals surface area contributed by atoms with Gasteiger partial charge >= 0.3 is 0 Å². The van der Waals surface area contributed by atoms with Crippen LogP contribution in [0.2, 0.25) is 15.5 Å². The maximum Gasteiger partial charge on any atom is 0.212 e. The van der Waals surface area contributed by atoms with Crippen LogP contribution >= 0.6 is 34.8 Å². The van der Waals surface area contributed by atoms with Crippen molar-refractivity contribution in [3.05, 3.63) is 57.4 Å². The highest BCUT2D eigenvalue weighted by Crippen LogP contribution is 2.34. The summed E-state index contributed by atoms with van der Waals surface area (Å²) in [5.74, 6) is 0.885. The molecule has 0 aliphatic carbocycles. The number of fused-ring (bicyclic) bond motifs is 1. The number of rotatable bonds is 2. The minimum Gasteiger partial charge on any atom is -0.394 e. The maximum atomic E-state index is 12.7. The van der Waals surface area contributed by atoms with Crippen molar-refractivity contribution >= 4 is 67.2 Å². The van der Waals surface area contributed by atoms with Crippen LogP contribution in [0, 0.1) is 13.8 Å². The van der Waals surface area contributed by atoms with Crippen molar-refractivity contribution in [2.75, 3.05) is 11.5 Å². The summed E-state index contributed by atoms with van der Waals surface area (Å²) >= 11 is 17.1. The average Bonchev–Trinajstić information content (AvgIpc) is 3.04. The molecule has 0 atom stereocenters. The Hall–Kier alpha value is -2.66. The Morgan fingerprint density at radius 3 is 1.94 bits per heavy atom. The lowest BCUT2D eigenvalue weighted by Crippen LogP contribution is -2.05. The predicted octanol–water partition coefficient (Wildman–Crippen LogP) is 4.01. The number of hydrogen-bond acceptors (Lipinski definition) is 8. The van der Waals surface area contributed by atoms with Gasteiger partial charge in [0.1, 0.15) is 39.1 Å². The monoisotopic (exact) mass is 499 g/mol. The van der Waals surface area contributed by atoms with Crippen LogP contribution < -0.4 is 11.5 Å². The second kappa shape index (κ2) is 8.83. The molecule has 9 nitrogen and oxygen atoms in total. The normalized spacial score (nSPS) is 11.3. The van der Waals surface area contributed by atoms with Crippen LogP contribution in [0.5, 0.6) is 0 Å². The van der Waals surface area contributed by atoms with Crippen molar-refractivity contribution in [3.63, 3.8) is 0 Å². The highest BCUT2D eigenvalue weighted by atomic mass is 35.5. The molecule has 13 heteroatoms. The Kier molecular flexibility index (Phi) is 6.56.